The Morgan fingerprint density at radius 1 is 0.895 bits per heavy atom. The number of hydrogen-bond acceptors (Lipinski definition) is 10. The second-order valence-electron chi connectivity index (χ2n) is 8.39. The number of hydrogen-bond donors (Lipinski definition) is 3. The average Bonchev–Trinajstić information content (AvgIpc) is 2.82. The molecule has 0 aromatic heterocycles. The van der Waals surface area contributed by atoms with Crippen molar-refractivity contribution in [2.45, 2.75) is 9.79 Å². The Morgan fingerprint density at radius 2 is 1.39 bits per heavy atom. The fourth-order valence-corrected chi connectivity index (χ4v) is 4.74. The first-order valence-electron chi connectivity index (χ1n) is 11.1. The molecule has 1 fully saturated rings. The van der Waals surface area contributed by atoms with Gasteiger partial charge in [0.2, 0.25) is 37.8 Å². The number of primary sulfonamides is 2. The first kappa shape index (κ1) is 29.0. The molecule has 0 radical (unpaired) electrons. The largest absolute Gasteiger partial charge is 0.325 e. The predicted octanol–water partition coefficient (Wildman–Crippen LogP) is -1.70. The van der Waals surface area contributed by atoms with Crippen LogP contribution < -0.4 is 20.5 Å². The van der Waals surface area contributed by atoms with Gasteiger partial charge < -0.3 is 10.1 Å². The summed E-state index contributed by atoms with van der Waals surface area (Å²) in [4.78, 5) is 52.7. The van der Waals surface area contributed by atoms with Crippen molar-refractivity contribution < 1.29 is 36.0 Å². The molecule has 0 saturated carbocycles. The molecule has 1 aliphatic heterocycles. The van der Waals surface area contributed by atoms with E-state index in [-0.39, 0.29) is 54.7 Å². The first-order chi connectivity index (χ1) is 17.8. The maximum atomic E-state index is 12.7. The highest BCUT2D eigenvalue weighted by atomic mass is 32.2. The van der Waals surface area contributed by atoms with Crippen molar-refractivity contribution in [3.8, 4) is 0 Å². The summed E-state index contributed by atoms with van der Waals surface area (Å²) in [5.41, 5.74) is 0.543. The SMILES string of the molecule is NS(=O)(=O)c1ccc(NC(=O)CN(CC=O)CCN2CC(=O)N(c3ccc(S(N)(=O)=O)cc3)C(=O)C2)cc1. The van der Waals surface area contributed by atoms with Crippen LogP contribution in [0.1, 0.15) is 0 Å². The standard InChI is InChI=1S/C22H26N6O8S2/c23-37(33,34)18-5-1-16(2-6-18)25-20(30)13-26(11-12-29)9-10-27-14-21(31)28(22(32)15-27)17-3-7-19(8-4-17)38(24,35)36/h1-8,12H,9-11,13-15H2,(H,25,30)(H2,23,33,34)(H2,24,35,36). The van der Waals surface area contributed by atoms with Crippen LogP contribution in [0.15, 0.2) is 58.3 Å². The minimum Gasteiger partial charge on any atom is -0.325 e. The van der Waals surface area contributed by atoms with Gasteiger partial charge in [-0.05, 0) is 48.5 Å². The van der Waals surface area contributed by atoms with Crippen LogP contribution in [0.4, 0.5) is 11.4 Å². The lowest BCUT2D eigenvalue weighted by Gasteiger charge is -2.33. The van der Waals surface area contributed by atoms with Crippen molar-refractivity contribution in [2.75, 3.05) is 49.5 Å². The number of rotatable bonds is 11. The van der Waals surface area contributed by atoms with Crippen molar-refractivity contribution in [2.24, 2.45) is 10.3 Å². The molecule has 3 amide bonds. The van der Waals surface area contributed by atoms with Crippen LogP contribution in [0, 0.1) is 0 Å². The maximum absolute atomic E-state index is 12.7. The number of nitrogens with one attached hydrogen (secondary N) is 1. The molecule has 1 saturated heterocycles. The van der Waals surface area contributed by atoms with E-state index < -0.39 is 37.8 Å². The Balaban J connectivity index is 1.55. The molecule has 0 unspecified atom stereocenters. The minimum atomic E-state index is -3.92. The quantitative estimate of drug-likeness (QED) is 0.207. The van der Waals surface area contributed by atoms with Crippen LogP contribution in [0.25, 0.3) is 0 Å². The van der Waals surface area contributed by atoms with E-state index in [0.29, 0.717) is 12.0 Å². The third kappa shape index (κ3) is 7.73. The molecule has 38 heavy (non-hydrogen) atoms. The summed E-state index contributed by atoms with van der Waals surface area (Å²) in [5, 5.41) is 12.7. The number of nitrogens with two attached hydrogens (primary N) is 2. The van der Waals surface area contributed by atoms with Crippen LogP contribution in [-0.2, 0) is 39.2 Å². The highest BCUT2D eigenvalue weighted by Crippen LogP contribution is 2.20. The topological polar surface area (TPSA) is 210 Å². The number of carbonyl (C=O) groups excluding carboxylic acids is 4. The summed E-state index contributed by atoms with van der Waals surface area (Å²) in [7, 11) is -7.79. The molecule has 5 N–H and O–H groups in total. The molecule has 1 heterocycles. The van der Waals surface area contributed by atoms with Gasteiger partial charge in [0.15, 0.2) is 0 Å². The number of nitrogens with zero attached hydrogens (tertiary/aromatic N) is 3. The fourth-order valence-electron chi connectivity index (χ4n) is 3.70. The van der Waals surface area contributed by atoms with Gasteiger partial charge in [-0.15, -0.1) is 0 Å². The van der Waals surface area contributed by atoms with E-state index in [1.807, 2.05) is 0 Å². The number of sulfonamides is 2. The summed E-state index contributed by atoms with van der Waals surface area (Å²) in [6.07, 6.45) is 0.619. The van der Waals surface area contributed by atoms with Crippen molar-refractivity contribution in [1.29, 1.82) is 0 Å². The lowest BCUT2D eigenvalue weighted by atomic mass is 10.2. The van der Waals surface area contributed by atoms with E-state index in [1.165, 1.54) is 53.4 Å². The number of benzene rings is 2. The van der Waals surface area contributed by atoms with Crippen molar-refractivity contribution >= 4 is 55.4 Å². The average molecular weight is 567 g/mol. The number of carbonyl (C=O) groups is 4. The van der Waals surface area contributed by atoms with Gasteiger partial charge in [-0.2, -0.15) is 0 Å². The zero-order chi connectivity index (χ0) is 28.1. The number of aldehydes is 1. The lowest BCUT2D eigenvalue weighted by molar-refractivity contribution is -0.132. The normalized spacial score (nSPS) is 15.1. The van der Waals surface area contributed by atoms with Crippen LogP contribution in [0.5, 0.6) is 0 Å². The van der Waals surface area contributed by atoms with E-state index in [9.17, 15) is 36.0 Å². The monoisotopic (exact) mass is 566 g/mol. The summed E-state index contributed by atoms with van der Waals surface area (Å²) >= 11 is 0. The molecule has 3 rings (SSSR count). The first-order valence-corrected chi connectivity index (χ1v) is 14.2. The Morgan fingerprint density at radius 3 is 1.87 bits per heavy atom. The van der Waals surface area contributed by atoms with Crippen molar-refractivity contribution in [3.63, 3.8) is 0 Å². The van der Waals surface area contributed by atoms with Crippen molar-refractivity contribution in [1.82, 2.24) is 9.80 Å². The van der Waals surface area contributed by atoms with Crippen LogP contribution >= 0.6 is 0 Å². The van der Waals surface area contributed by atoms with Gasteiger partial charge in [0.1, 0.15) is 6.29 Å². The van der Waals surface area contributed by atoms with E-state index in [4.69, 9.17) is 10.3 Å². The molecule has 14 nitrogen and oxygen atoms in total. The highest BCUT2D eigenvalue weighted by molar-refractivity contribution is 7.89. The number of amides is 3. The van der Waals surface area contributed by atoms with E-state index in [2.05, 4.69) is 5.32 Å². The third-order valence-electron chi connectivity index (χ3n) is 5.54. The highest BCUT2D eigenvalue weighted by Gasteiger charge is 2.32. The second kappa shape index (κ2) is 11.9. The molecule has 2 aromatic rings. The van der Waals surface area contributed by atoms with Gasteiger partial charge >= 0.3 is 0 Å². The fraction of sp³-hybridized carbons (Fsp3) is 0.273. The Kier molecular flexibility index (Phi) is 9.08. The molecule has 0 aliphatic carbocycles. The second-order valence-corrected chi connectivity index (χ2v) is 11.5. The van der Waals surface area contributed by atoms with E-state index >= 15 is 0 Å². The smallest absolute Gasteiger partial charge is 0.247 e. The zero-order valence-electron chi connectivity index (χ0n) is 20.0. The Bertz CT molecular complexity index is 1400. The van der Waals surface area contributed by atoms with Crippen LogP contribution in [-0.4, -0.2) is 89.9 Å². The summed E-state index contributed by atoms with van der Waals surface area (Å²) < 4.78 is 45.5. The lowest BCUT2D eigenvalue weighted by Crippen LogP contribution is -2.55. The minimum absolute atomic E-state index is 0.0734. The Labute approximate surface area is 219 Å². The number of anilines is 2. The number of piperazine rings is 1. The maximum Gasteiger partial charge on any atom is 0.247 e. The molecule has 0 spiro atoms. The van der Waals surface area contributed by atoms with E-state index in [0.717, 1.165) is 4.90 Å². The van der Waals surface area contributed by atoms with E-state index in [1.54, 1.807) is 4.90 Å². The van der Waals surface area contributed by atoms with Gasteiger partial charge in [-0.1, -0.05) is 0 Å². The predicted molar refractivity (Wildman–Crippen MR) is 136 cm³/mol. The Hall–Kier alpha value is -3.54. The zero-order valence-corrected chi connectivity index (χ0v) is 21.7. The van der Waals surface area contributed by atoms with Gasteiger partial charge in [0.25, 0.3) is 0 Å². The van der Waals surface area contributed by atoms with Crippen LogP contribution in [0.3, 0.4) is 0 Å². The van der Waals surface area contributed by atoms with Gasteiger partial charge in [-0.3, -0.25) is 24.2 Å². The summed E-state index contributed by atoms with van der Waals surface area (Å²) in [5.74, 6) is -1.51. The van der Waals surface area contributed by atoms with Gasteiger partial charge in [0.05, 0.1) is 41.7 Å². The summed E-state index contributed by atoms with van der Waals surface area (Å²) in [6, 6.07) is 10.3. The summed E-state index contributed by atoms with van der Waals surface area (Å²) in [6.45, 7) is -0.0651. The molecule has 0 atom stereocenters. The molecular weight excluding hydrogens is 540 g/mol. The molecule has 0 bridgehead atoms. The van der Waals surface area contributed by atoms with Gasteiger partial charge in [0, 0.05) is 18.8 Å². The molecule has 1 aliphatic rings. The number of imide groups is 1. The molecule has 204 valence electrons. The van der Waals surface area contributed by atoms with Crippen molar-refractivity contribution in [3.05, 3.63) is 48.5 Å². The molecule has 16 heteroatoms. The third-order valence-corrected chi connectivity index (χ3v) is 7.40. The van der Waals surface area contributed by atoms with Gasteiger partial charge in [-0.25, -0.2) is 32.0 Å². The molecule has 2 aromatic carbocycles. The van der Waals surface area contributed by atoms with Crippen LogP contribution in [0.2, 0.25) is 0 Å². The molecular formula is C22H26N6O8S2.